The molecule has 0 heterocycles. The van der Waals surface area contributed by atoms with Crippen LogP contribution in [-0.4, -0.2) is 20.9 Å². The maximum absolute atomic E-state index is 12.6. The predicted octanol–water partition coefficient (Wildman–Crippen LogP) is 5.77. The number of benzene rings is 3. The summed E-state index contributed by atoms with van der Waals surface area (Å²) < 4.78 is 33.1. The summed E-state index contributed by atoms with van der Waals surface area (Å²) in [5, 5.41) is 3.83. The monoisotopic (exact) mass is 498 g/mol. The van der Waals surface area contributed by atoms with Crippen LogP contribution in [0.25, 0.3) is 0 Å². The zero-order valence-electron chi connectivity index (χ0n) is 16.2. The number of carbonyl (C=O) groups excluding carboxylic acids is 1. The van der Waals surface area contributed by atoms with Crippen molar-refractivity contribution in [3.8, 4) is 5.75 Å². The number of ether oxygens (including phenoxy) is 1. The molecule has 0 aromatic heterocycles. The van der Waals surface area contributed by atoms with E-state index in [1.807, 2.05) is 0 Å². The zero-order valence-corrected chi connectivity index (χ0v) is 19.2. The zero-order chi connectivity index (χ0) is 22.6. The third kappa shape index (κ3) is 6.04. The van der Waals surface area contributed by atoms with Gasteiger partial charge in [0.2, 0.25) is 0 Å². The molecule has 0 bridgehead atoms. The molecule has 3 aromatic rings. The van der Waals surface area contributed by atoms with Crippen molar-refractivity contribution in [1.82, 2.24) is 0 Å². The quantitative estimate of drug-likeness (QED) is 0.432. The average Bonchev–Trinajstić information content (AvgIpc) is 2.71. The van der Waals surface area contributed by atoms with Gasteiger partial charge in [-0.2, -0.15) is 0 Å². The van der Waals surface area contributed by atoms with Crippen LogP contribution in [-0.2, 0) is 14.8 Å². The minimum absolute atomic E-state index is 0.0362. The first-order valence-electron chi connectivity index (χ1n) is 8.91. The number of carbonyl (C=O) groups is 1. The summed E-state index contributed by atoms with van der Waals surface area (Å²) in [6, 6.07) is 15.4. The smallest absolute Gasteiger partial charge is 0.262 e. The maximum Gasteiger partial charge on any atom is 0.262 e. The van der Waals surface area contributed by atoms with Gasteiger partial charge in [0.05, 0.1) is 15.6 Å². The summed E-state index contributed by atoms with van der Waals surface area (Å²) in [4.78, 5) is 12.1. The van der Waals surface area contributed by atoms with Crippen LogP contribution < -0.4 is 14.8 Å². The molecular formula is C21H17Cl3N2O4S. The standard InChI is InChI=1S/C21H17Cl3N2O4S/c1-13-17(23)3-2-4-19(13)26-31(28,29)16-8-6-15(7-9-16)25-21(27)12-30-20-10-5-14(22)11-18(20)24/h2-11,26H,12H2,1H3,(H,25,27). The van der Waals surface area contributed by atoms with Crippen molar-refractivity contribution >= 4 is 62.1 Å². The lowest BCUT2D eigenvalue weighted by molar-refractivity contribution is -0.118. The molecular weight excluding hydrogens is 483 g/mol. The second-order valence-electron chi connectivity index (χ2n) is 6.45. The summed E-state index contributed by atoms with van der Waals surface area (Å²) in [5.41, 5.74) is 1.42. The molecule has 2 N–H and O–H groups in total. The SMILES string of the molecule is Cc1c(Cl)cccc1NS(=O)(=O)c1ccc(NC(=O)COc2ccc(Cl)cc2Cl)cc1. The van der Waals surface area contributed by atoms with Gasteiger partial charge in [-0.25, -0.2) is 8.42 Å². The largest absolute Gasteiger partial charge is 0.482 e. The molecule has 0 spiro atoms. The first-order chi connectivity index (χ1) is 14.7. The summed E-state index contributed by atoms with van der Waals surface area (Å²) in [5.74, 6) is -0.112. The highest BCUT2D eigenvalue weighted by atomic mass is 35.5. The van der Waals surface area contributed by atoms with E-state index in [0.717, 1.165) is 0 Å². The van der Waals surface area contributed by atoms with Crippen molar-refractivity contribution in [2.45, 2.75) is 11.8 Å². The lowest BCUT2D eigenvalue weighted by atomic mass is 10.2. The van der Waals surface area contributed by atoms with Crippen molar-refractivity contribution in [3.05, 3.63) is 81.3 Å². The van der Waals surface area contributed by atoms with Gasteiger partial charge in [-0.15, -0.1) is 0 Å². The van der Waals surface area contributed by atoms with Crippen molar-refractivity contribution < 1.29 is 17.9 Å². The Hall–Kier alpha value is -2.45. The summed E-state index contributed by atoms with van der Waals surface area (Å²) >= 11 is 17.9. The van der Waals surface area contributed by atoms with Crippen LogP contribution >= 0.6 is 34.8 Å². The van der Waals surface area contributed by atoms with Gasteiger partial charge in [0.15, 0.2) is 6.61 Å². The van der Waals surface area contributed by atoms with E-state index >= 15 is 0 Å². The average molecular weight is 500 g/mol. The minimum Gasteiger partial charge on any atom is -0.482 e. The Morgan fingerprint density at radius 2 is 1.68 bits per heavy atom. The Labute approximate surface area is 195 Å². The van der Waals surface area contributed by atoms with Crippen molar-refractivity contribution in [2.75, 3.05) is 16.6 Å². The predicted molar refractivity (Wildman–Crippen MR) is 124 cm³/mol. The molecule has 10 heteroatoms. The number of hydrogen-bond acceptors (Lipinski definition) is 4. The van der Waals surface area contributed by atoms with Crippen LogP contribution in [0.15, 0.2) is 65.6 Å². The topological polar surface area (TPSA) is 84.5 Å². The Kier molecular flexibility index (Phi) is 7.33. The highest BCUT2D eigenvalue weighted by molar-refractivity contribution is 7.92. The minimum atomic E-state index is -3.82. The molecule has 0 fully saturated rings. The molecule has 0 radical (unpaired) electrons. The molecule has 0 saturated carbocycles. The van der Waals surface area contributed by atoms with E-state index in [0.29, 0.717) is 32.7 Å². The Morgan fingerprint density at radius 3 is 2.35 bits per heavy atom. The molecule has 0 atom stereocenters. The Balaban J connectivity index is 1.62. The molecule has 0 unspecified atom stereocenters. The fourth-order valence-electron chi connectivity index (χ4n) is 2.57. The molecule has 0 aliphatic rings. The molecule has 0 aliphatic heterocycles. The molecule has 0 saturated heterocycles. The number of amides is 1. The number of rotatable bonds is 7. The Morgan fingerprint density at radius 1 is 0.968 bits per heavy atom. The van der Waals surface area contributed by atoms with Crippen molar-refractivity contribution in [2.24, 2.45) is 0 Å². The van der Waals surface area contributed by atoms with Gasteiger partial charge in [-0.05, 0) is 67.1 Å². The van der Waals surface area contributed by atoms with Crippen molar-refractivity contribution in [3.63, 3.8) is 0 Å². The number of halogens is 3. The first-order valence-corrected chi connectivity index (χ1v) is 11.5. The van der Waals surface area contributed by atoms with Crippen LogP contribution in [0.1, 0.15) is 5.56 Å². The van der Waals surface area contributed by atoms with Crippen LogP contribution in [0.2, 0.25) is 15.1 Å². The van der Waals surface area contributed by atoms with E-state index in [1.54, 1.807) is 37.3 Å². The van der Waals surface area contributed by atoms with Gasteiger partial charge in [0.25, 0.3) is 15.9 Å². The number of nitrogens with one attached hydrogen (secondary N) is 2. The highest BCUT2D eigenvalue weighted by Gasteiger charge is 2.16. The highest BCUT2D eigenvalue weighted by Crippen LogP contribution is 2.28. The van der Waals surface area contributed by atoms with Crippen molar-refractivity contribution in [1.29, 1.82) is 0 Å². The lowest BCUT2D eigenvalue weighted by Crippen LogP contribution is -2.20. The van der Waals surface area contributed by atoms with Crippen LogP contribution in [0.4, 0.5) is 11.4 Å². The summed E-state index contributed by atoms with van der Waals surface area (Å²) in [7, 11) is -3.82. The molecule has 1 amide bonds. The first kappa shape index (κ1) is 23.2. The van der Waals surface area contributed by atoms with Gasteiger partial charge >= 0.3 is 0 Å². The third-order valence-electron chi connectivity index (χ3n) is 4.21. The fourth-order valence-corrected chi connectivity index (χ4v) is 4.33. The van der Waals surface area contributed by atoms with E-state index in [4.69, 9.17) is 39.5 Å². The van der Waals surface area contributed by atoms with Gasteiger partial charge in [-0.1, -0.05) is 40.9 Å². The van der Waals surface area contributed by atoms with Gasteiger partial charge in [0, 0.05) is 15.7 Å². The van der Waals surface area contributed by atoms with E-state index in [9.17, 15) is 13.2 Å². The van der Waals surface area contributed by atoms with Gasteiger partial charge in [-0.3, -0.25) is 9.52 Å². The molecule has 3 aromatic carbocycles. The van der Waals surface area contributed by atoms with E-state index in [-0.39, 0.29) is 16.5 Å². The van der Waals surface area contributed by atoms with E-state index < -0.39 is 15.9 Å². The van der Waals surface area contributed by atoms with E-state index in [2.05, 4.69) is 10.0 Å². The normalized spacial score (nSPS) is 11.1. The molecule has 31 heavy (non-hydrogen) atoms. The van der Waals surface area contributed by atoms with Crippen LogP contribution in [0, 0.1) is 6.92 Å². The van der Waals surface area contributed by atoms with E-state index in [1.165, 1.54) is 30.3 Å². The van der Waals surface area contributed by atoms with Gasteiger partial charge in [0.1, 0.15) is 5.75 Å². The second kappa shape index (κ2) is 9.78. The molecule has 0 aliphatic carbocycles. The fraction of sp³-hybridized carbons (Fsp3) is 0.0952. The number of anilines is 2. The van der Waals surface area contributed by atoms with Gasteiger partial charge < -0.3 is 10.1 Å². The molecule has 6 nitrogen and oxygen atoms in total. The Bertz CT molecular complexity index is 1220. The van der Waals surface area contributed by atoms with Crippen LogP contribution in [0.5, 0.6) is 5.75 Å². The third-order valence-corrected chi connectivity index (χ3v) is 6.53. The lowest BCUT2D eigenvalue weighted by Gasteiger charge is -2.12. The molecule has 3 rings (SSSR count). The number of hydrogen-bond donors (Lipinski definition) is 2. The summed E-state index contributed by atoms with van der Waals surface area (Å²) in [6.07, 6.45) is 0. The summed E-state index contributed by atoms with van der Waals surface area (Å²) in [6.45, 7) is 1.44. The second-order valence-corrected chi connectivity index (χ2v) is 9.39. The maximum atomic E-state index is 12.6. The number of sulfonamides is 1. The molecule has 162 valence electrons. The van der Waals surface area contributed by atoms with Crippen LogP contribution in [0.3, 0.4) is 0 Å².